The minimum absolute atomic E-state index is 0.126. The maximum atomic E-state index is 12.3. The molecule has 1 spiro atoms. The van der Waals surface area contributed by atoms with Gasteiger partial charge < -0.3 is 10.2 Å². The molecule has 1 saturated heterocycles. The summed E-state index contributed by atoms with van der Waals surface area (Å²) in [6.45, 7) is 0. The van der Waals surface area contributed by atoms with Crippen LogP contribution in [0.1, 0.15) is 11.5 Å². The molecular formula is C18H12ClN3OS3. The van der Waals surface area contributed by atoms with E-state index in [1.54, 1.807) is 11.8 Å². The Morgan fingerprint density at radius 3 is 2.85 bits per heavy atom. The van der Waals surface area contributed by atoms with Crippen LogP contribution in [0.5, 0.6) is 0 Å². The Morgan fingerprint density at radius 2 is 2.08 bits per heavy atom. The minimum Gasteiger partial charge on any atom is -0.332 e. The maximum absolute atomic E-state index is 12.3. The maximum Gasteiger partial charge on any atom is 0.285 e. The van der Waals surface area contributed by atoms with Crippen molar-refractivity contribution in [1.29, 1.82) is 0 Å². The third kappa shape index (κ3) is 2.21. The van der Waals surface area contributed by atoms with Gasteiger partial charge >= 0.3 is 0 Å². The van der Waals surface area contributed by atoms with E-state index in [0.29, 0.717) is 10.0 Å². The summed E-state index contributed by atoms with van der Waals surface area (Å²) in [5.41, 5.74) is 3.07. The lowest BCUT2D eigenvalue weighted by molar-refractivity contribution is 0.265. The number of hydrogen-bond donors (Lipinski definition) is 1. The van der Waals surface area contributed by atoms with Crippen LogP contribution < -0.4 is 10.2 Å². The van der Waals surface area contributed by atoms with Gasteiger partial charge in [0, 0.05) is 22.7 Å². The van der Waals surface area contributed by atoms with Gasteiger partial charge in [0.05, 0.1) is 11.6 Å². The van der Waals surface area contributed by atoms with Crippen molar-refractivity contribution in [1.82, 2.24) is 5.32 Å². The molecule has 0 radical (unpaired) electrons. The summed E-state index contributed by atoms with van der Waals surface area (Å²) in [4.78, 5) is 20.8. The fraction of sp³-hybridized carbons (Fsp3) is 0.167. The van der Waals surface area contributed by atoms with Crippen LogP contribution in [-0.2, 0) is 0 Å². The van der Waals surface area contributed by atoms with Crippen molar-refractivity contribution >= 4 is 74.8 Å². The number of nitrogens with zero attached hydrogens (tertiary/aromatic N) is 2. The number of amidine groups is 1. The van der Waals surface area contributed by atoms with E-state index in [1.807, 2.05) is 37.4 Å². The predicted octanol–water partition coefficient (Wildman–Crippen LogP) is 5.19. The Kier molecular flexibility index (Phi) is 3.66. The van der Waals surface area contributed by atoms with Crippen LogP contribution in [-0.4, -0.2) is 27.2 Å². The van der Waals surface area contributed by atoms with E-state index in [1.165, 1.54) is 11.8 Å². The number of amides is 1. The molecule has 0 bridgehead atoms. The van der Waals surface area contributed by atoms with Crippen LogP contribution in [0.4, 0.5) is 16.2 Å². The molecule has 1 fully saturated rings. The zero-order valence-corrected chi connectivity index (χ0v) is 16.7. The van der Waals surface area contributed by atoms with E-state index in [9.17, 15) is 4.79 Å². The number of likely N-dealkylation sites (N-methyl/N-ethyl adjacent to an activating group) is 1. The van der Waals surface area contributed by atoms with Crippen molar-refractivity contribution in [3.05, 3.63) is 53.1 Å². The number of benzene rings is 2. The van der Waals surface area contributed by atoms with Crippen molar-refractivity contribution in [2.45, 2.75) is 14.9 Å². The van der Waals surface area contributed by atoms with Crippen molar-refractivity contribution in [2.75, 3.05) is 11.9 Å². The Hall–Kier alpha value is -1.54. The highest BCUT2D eigenvalue weighted by atomic mass is 35.5. The molecule has 0 saturated carbocycles. The highest BCUT2D eigenvalue weighted by Gasteiger charge is 2.58. The number of thiocarbonyl (C=S) groups is 1. The lowest BCUT2D eigenvalue weighted by Crippen LogP contribution is -2.41. The Labute approximate surface area is 169 Å². The molecule has 3 aliphatic rings. The lowest BCUT2D eigenvalue weighted by Gasteiger charge is -2.31. The van der Waals surface area contributed by atoms with Crippen LogP contribution in [0.3, 0.4) is 0 Å². The Bertz CT molecular complexity index is 1020. The van der Waals surface area contributed by atoms with Gasteiger partial charge in [-0.3, -0.25) is 4.79 Å². The second-order valence-electron chi connectivity index (χ2n) is 6.25. The summed E-state index contributed by atoms with van der Waals surface area (Å²) in [7, 11) is 2.01. The van der Waals surface area contributed by atoms with E-state index in [0.717, 1.165) is 27.7 Å². The van der Waals surface area contributed by atoms with Gasteiger partial charge in [-0.15, -0.1) is 0 Å². The number of thioether (sulfide) groups is 2. The molecule has 2 atom stereocenters. The molecule has 2 unspecified atom stereocenters. The normalized spacial score (nSPS) is 26.2. The van der Waals surface area contributed by atoms with Gasteiger partial charge in [0.2, 0.25) is 0 Å². The summed E-state index contributed by atoms with van der Waals surface area (Å²) in [5.74, 6) is 0.766. The average molecular weight is 418 g/mol. The lowest BCUT2D eigenvalue weighted by atomic mass is 9.95. The summed E-state index contributed by atoms with van der Waals surface area (Å²) in [5, 5.41) is 3.35. The number of fused-ring (bicyclic) bond motifs is 5. The first-order chi connectivity index (χ1) is 12.5. The molecular weight excluding hydrogens is 406 g/mol. The summed E-state index contributed by atoms with van der Waals surface area (Å²) < 4.78 is -0.679. The van der Waals surface area contributed by atoms with Crippen LogP contribution in [0.2, 0.25) is 5.02 Å². The van der Waals surface area contributed by atoms with Gasteiger partial charge in [-0.25, -0.2) is 4.99 Å². The fourth-order valence-electron chi connectivity index (χ4n) is 3.66. The number of carbonyl (C=O) groups excluding carboxylic acids is 1. The molecule has 130 valence electrons. The largest absolute Gasteiger partial charge is 0.332 e. The molecule has 2 aromatic carbocycles. The van der Waals surface area contributed by atoms with Crippen LogP contribution in [0.15, 0.2) is 52.4 Å². The van der Waals surface area contributed by atoms with Crippen LogP contribution in [0, 0.1) is 0 Å². The van der Waals surface area contributed by atoms with Gasteiger partial charge in [0.25, 0.3) is 5.24 Å². The van der Waals surface area contributed by atoms with Crippen molar-refractivity contribution in [3.63, 3.8) is 0 Å². The number of halogens is 1. The molecule has 26 heavy (non-hydrogen) atoms. The van der Waals surface area contributed by atoms with Crippen LogP contribution in [0.25, 0.3) is 0 Å². The van der Waals surface area contributed by atoms with Crippen molar-refractivity contribution < 1.29 is 4.79 Å². The van der Waals surface area contributed by atoms with Gasteiger partial charge in [-0.05, 0) is 41.6 Å². The van der Waals surface area contributed by atoms with Crippen molar-refractivity contribution in [3.8, 4) is 0 Å². The summed E-state index contributed by atoms with van der Waals surface area (Å²) >= 11 is 14.7. The Morgan fingerprint density at radius 1 is 1.27 bits per heavy atom. The minimum atomic E-state index is -0.679. The second-order valence-corrected chi connectivity index (χ2v) is 9.86. The number of rotatable bonds is 0. The van der Waals surface area contributed by atoms with E-state index < -0.39 is 4.08 Å². The number of hydrogen-bond acceptors (Lipinski definition) is 6. The van der Waals surface area contributed by atoms with E-state index in [-0.39, 0.29) is 11.2 Å². The first kappa shape index (κ1) is 16.6. The SMILES string of the molecule is CN1C2=Nc3ccc(Cl)cc3SC3(SC(=O)NC3=S)C2c2ccccc21. The van der Waals surface area contributed by atoms with E-state index >= 15 is 0 Å². The third-order valence-corrected chi connectivity index (χ3v) is 8.52. The predicted molar refractivity (Wildman–Crippen MR) is 113 cm³/mol. The number of aliphatic imine (C=N–C) groups is 1. The first-order valence-corrected chi connectivity index (χ1v) is 10.4. The molecule has 1 amide bonds. The zero-order chi connectivity index (χ0) is 18.1. The quantitative estimate of drug-likeness (QED) is 0.597. The Balaban J connectivity index is 1.82. The smallest absolute Gasteiger partial charge is 0.285 e. The van der Waals surface area contributed by atoms with E-state index in [2.05, 4.69) is 22.3 Å². The molecule has 0 aliphatic carbocycles. The molecule has 5 rings (SSSR count). The second kappa shape index (κ2) is 5.73. The average Bonchev–Trinajstić information content (AvgIpc) is 2.98. The fourth-order valence-corrected chi connectivity index (χ4v) is 7.23. The molecule has 3 heterocycles. The first-order valence-electron chi connectivity index (χ1n) is 7.94. The standard InChI is InChI=1S/C18H12ClN3OS3/c1-22-12-5-3-2-4-10(12)14-15(22)20-11-7-6-9(19)8-13(11)25-18(14)16(24)21-17(23)26-18/h2-8,14H,1H3,(H,21,23,24). The molecule has 4 nitrogen and oxygen atoms in total. The van der Waals surface area contributed by atoms with Gasteiger partial charge in [-0.2, -0.15) is 0 Å². The van der Waals surface area contributed by atoms with Gasteiger partial charge in [-0.1, -0.05) is 53.8 Å². The molecule has 8 heteroatoms. The molecule has 1 N–H and O–H groups in total. The van der Waals surface area contributed by atoms with Gasteiger partial charge in [0.15, 0.2) is 0 Å². The highest BCUT2D eigenvalue weighted by Crippen LogP contribution is 2.61. The zero-order valence-electron chi connectivity index (χ0n) is 13.5. The van der Waals surface area contributed by atoms with Gasteiger partial charge in [0.1, 0.15) is 14.9 Å². The highest BCUT2D eigenvalue weighted by molar-refractivity contribution is 8.28. The monoisotopic (exact) mass is 417 g/mol. The number of para-hydroxylation sites is 1. The third-order valence-electron chi connectivity index (χ3n) is 4.79. The molecule has 3 aliphatic heterocycles. The molecule has 0 aromatic heterocycles. The topological polar surface area (TPSA) is 44.7 Å². The van der Waals surface area contributed by atoms with Crippen molar-refractivity contribution in [2.24, 2.45) is 4.99 Å². The van der Waals surface area contributed by atoms with Crippen LogP contribution >= 0.6 is 47.3 Å². The number of nitrogens with one attached hydrogen (secondary N) is 1. The number of carbonyl (C=O) groups is 1. The molecule has 2 aromatic rings. The summed E-state index contributed by atoms with van der Waals surface area (Å²) in [6, 6.07) is 13.8. The number of anilines is 1. The summed E-state index contributed by atoms with van der Waals surface area (Å²) in [6.07, 6.45) is 0. The van der Waals surface area contributed by atoms with E-state index in [4.69, 9.17) is 28.8 Å².